The number of hydrogen-bond acceptors (Lipinski definition) is 2. The van der Waals surface area contributed by atoms with Gasteiger partial charge in [-0.3, -0.25) is 9.74 Å². The molecule has 1 N–H and O–H groups in total. The molecule has 2 nitrogen and oxygen atoms in total. The highest BCUT2D eigenvalue weighted by Gasteiger charge is 2.03. The Bertz CT molecular complexity index is 90.6. The van der Waals surface area contributed by atoms with Crippen molar-refractivity contribution in [3.63, 3.8) is 0 Å². The molecule has 0 saturated heterocycles. The van der Waals surface area contributed by atoms with Crippen LogP contribution in [0.15, 0.2) is 12.3 Å². The summed E-state index contributed by atoms with van der Waals surface area (Å²) >= 11 is 5.57. The van der Waals surface area contributed by atoms with Crippen LogP contribution in [0.3, 0.4) is 0 Å². The maximum Gasteiger partial charge on any atom is 0.0840 e. The number of nitrogens with one attached hydrogen (secondary N) is 1. The van der Waals surface area contributed by atoms with Gasteiger partial charge in [0.1, 0.15) is 0 Å². The molecule has 46 valence electrons. The molecule has 1 rings (SSSR count). The molecule has 3 heteroatoms. The smallest absolute Gasteiger partial charge is 0.0840 e. The Morgan fingerprint density at radius 3 is 3.00 bits per heavy atom. The SMILES string of the molecule is C[C@H]1C=CN(Cl)CN1. The molecular formula is C5H9ClN2. The Labute approximate surface area is 54.2 Å². The number of halogens is 1. The standard InChI is InChI=1S/C5H9ClN2/c1-5-2-3-8(6)4-7-5/h2-3,5,7H,4H2,1H3/t5-/m0/s1. The van der Waals surface area contributed by atoms with Crippen LogP contribution >= 0.6 is 11.8 Å². The normalized spacial score (nSPS) is 28.8. The first kappa shape index (κ1) is 5.92. The molecule has 0 radical (unpaired) electrons. The second kappa shape index (κ2) is 2.37. The van der Waals surface area contributed by atoms with Crippen LogP contribution in [0, 0.1) is 0 Å². The van der Waals surface area contributed by atoms with Crippen LogP contribution in [0.25, 0.3) is 0 Å². The third kappa shape index (κ3) is 1.39. The van der Waals surface area contributed by atoms with Crippen molar-refractivity contribution in [3.8, 4) is 0 Å². The molecule has 1 aliphatic rings. The van der Waals surface area contributed by atoms with Crippen molar-refractivity contribution in [2.45, 2.75) is 13.0 Å². The first-order valence-corrected chi connectivity index (χ1v) is 2.97. The van der Waals surface area contributed by atoms with Gasteiger partial charge >= 0.3 is 0 Å². The van der Waals surface area contributed by atoms with E-state index < -0.39 is 0 Å². The van der Waals surface area contributed by atoms with Crippen LogP contribution in [0.4, 0.5) is 0 Å². The molecule has 0 fully saturated rings. The minimum atomic E-state index is 0.463. The number of nitrogens with zero attached hydrogens (tertiary/aromatic N) is 1. The van der Waals surface area contributed by atoms with Crippen LogP contribution in [-0.4, -0.2) is 17.1 Å². The van der Waals surface area contributed by atoms with Gasteiger partial charge in [0, 0.05) is 24.0 Å². The third-order valence-corrected chi connectivity index (χ3v) is 1.33. The van der Waals surface area contributed by atoms with E-state index in [1.54, 1.807) is 4.42 Å². The van der Waals surface area contributed by atoms with Crippen molar-refractivity contribution in [2.75, 3.05) is 6.67 Å². The van der Waals surface area contributed by atoms with Crippen molar-refractivity contribution < 1.29 is 0 Å². The summed E-state index contributed by atoms with van der Waals surface area (Å²) in [7, 11) is 0. The van der Waals surface area contributed by atoms with E-state index in [0.29, 0.717) is 6.04 Å². The van der Waals surface area contributed by atoms with Crippen molar-refractivity contribution in [2.24, 2.45) is 0 Å². The van der Waals surface area contributed by atoms with Gasteiger partial charge in [0.25, 0.3) is 0 Å². The van der Waals surface area contributed by atoms with Gasteiger partial charge in [0.05, 0.1) is 6.67 Å². The van der Waals surface area contributed by atoms with Gasteiger partial charge < -0.3 is 0 Å². The molecule has 0 unspecified atom stereocenters. The molecular weight excluding hydrogens is 124 g/mol. The van der Waals surface area contributed by atoms with Crippen LogP contribution in [0.2, 0.25) is 0 Å². The van der Waals surface area contributed by atoms with E-state index in [4.69, 9.17) is 11.8 Å². The van der Waals surface area contributed by atoms with Crippen molar-refractivity contribution in [1.29, 1.82) is 0 Å². The Morgan fingerprint density at radius 2 is 2.62 bits per heavy atom. The third-order valence-electron chi connectivity index (χ3n) is 1.10. The molecule has 0 aromatic rings. The quantitative estimate of drug-likeness (QED) is 0.493. The van der Waals surface area contributed by atoms with E-state index in [9.17, 15) is 0 Å². The minimum Gasteiger partial charge on any atom is -0.293 e. The molecule has 1 heterocycles. The highest BCUT2D eigenvalue weighted by atomic mass is 35.5. The minimum absolute atomic E-state index is 0.463. The van der Waals surface area contributed by atoms with Gasteiger partial charge in [-0.05, 0) is 6.92 Å². The lowest BCUT2D eigenvalue weighted by Gasteiger charge is -2.20. The molecule has 0 aromatic carbocycles. The Kier molecular flexibility index (Phi) is 1.76. The topological polar surface area (TPSA) is 15.3 Å². The first-order valence-electron chi connectivity index (χ1n) is 2.63. The number of rotatable bonds is 0. The summed E-state index contributed by atoms with van der Waals surface area (Å²) in [5.41, 5.74) is 0. The summed E-state index contributed by atoms with van der Waals surface area (Å²) in [6, 6.07) is 0.463. The second-order valence-electron chi connectivity index (χ2n) is 1.89. The second-order valence-corrected chi connectivity index (χ2v) is 2.33. The van der Waals surface area contributed by atoms with Gasteiger partial charge in [-0.25, -0.2) is 0 Å². The van der Waals surface area contributed by atoms with Gasteiger partial charge in [0.15, 0.2) is 0 Å². The van der Waals surface area contributed by atoms with E-state index in [1.165, 1.54) is 0 Å². The molecule has 0 aromatic heterocycles. The predicted molar refractivity (Wildman–Crippen MR) is 34.3 cm³/mol. The molecule has 0 bridgehead atoms. The van der Waals surface area contributed by atoms with Gasteiger partial charge in [-0.15, -0.1) is 0 Å². The molecule has 0 spiro atoms. The molecule has 1 aliphatic heterocycles. The fourth-order valence-electron chi connectivity index (χ4n) is 0.574. The fourth-order valence-corrected chi connectivity index (χ4v) is 0.708. The lowest BCUT2D eigenvalue weighted by molar-refractivity contribution is 0.458. The van der Waals surface area contributed by atoms with E-state index in [0.717, 1.165) is 6.67 Å². The highest BCUT2D eigenvalue weighted by molar-refractivity contribution is 6.14. The van der Waals surface area contributed by atoms with E-state index in [1.807, 2.05) is 12.3 Å². The van der Waals surface area contributed by atoms with Crippen LogP contribution in [-0.2, 0) is 0 Å². The van der Waals surface area contributed by atoms with Gasteiger partial charge in [-0.2, -0.15) is 0 Å². The van der Waals surface area contributed by atoms with E-state index in [2.05, 4.69) is 12.2 Å². The van der Waals surface area contributed by atoms with Crippen LogP contribution < -0.4 is 5.32 Å². The maximum atomic E-state index is 5.57. The van der Waals surface area contributed by atoms with Gasteiger partial charge in [0.2, 0.25) is 0 Å². The van der Waals surface area contributed by atoms with Crippen molar-refractivity contribution in [1.82, 2.24) is 9.74 Å². The zero-order chi connectivity index (χ0) is 5.98. The monoisotopic (exact) mass is 132 g/mol. The lowest BCUT2D eigenvalue weighted by Crippen LogP contribution is -2.34. The Morgan fingerprint density at radius 1 is 1.88 bits per heavy atom. The maximum absolute atomic E-state index is 5.57. The Hall–Kier alpha value is -0.210. The predicted octanol–water partition coefficient (Wildman–Crippen LogP) is 0.905. The summed E-state index contributed by atoms with van der Waals surface area (Å²) in [4.78, 5) is 0. The fraction of sp³-hybridized carbons (Fsp3) is 0.600. The molecule has 0 amide bonds. The highest BCUT2D eigenvalue weighted by Crippen LogP contribution is 2.00. The first-order chi connectivity index (χ1) is 3.79. The van der Waals surface area contributed by atoms with Crippen LogP contribution in [0.5, 0.6) is 0 Å². The van der Waals surface area contributed by atoms with Gasteiger partial charge in [-0.1, -0.05) is 6.08 Å². The molecule has 1 atom stereocenters. The van der Waals surface area contributed by atoms with Crippen molar-refractivity contribution in [3.05, 3.63) is 12.3 Å². The van der Waals surface area contributed by atoms with Crippen LogP contribution in [0.1, 0.15) is 6.92 Å². The average Bonchev–Trinajstić information content (AvgIpc) is 1.77. The molecule has 8 heavy (non-hydrogen) atoms. The summed E-state index contributed by atoms with van der Waals surface area (Å²) in [5.74, 6) is 0. The summed E-state index contributed by atoms with van der Waals surface area (Å²) in [6.07, 6.45) is 3.87. The van der Waals surface area contributed by atoms with E-state index in [-0.39, 0.29) is 0 Å². The average molecular weight is 133 g/mol. The summed E-state index contributed by atoms with van der Waals surface area (Å²) < 4.78 is 1.58. The zero-order valence-electron chi connectivity index (χ0n) is 4.76. The summed E-state index contributed by atoms with van der Waals surface area (Å²) in [5, 5.41) is 3.14. The largest absolute Gasteiger partial charge is 0.293 e. The zero-order valence-corrected chi connectivity index (χ0v) is 5.52. The Balaban J connectivity index is 2.42. The number of hydrogen-bond donors (Lipinski definition) is 1. The molecule has 0 saturated carbocycles. The van der Waals surface area contributed by atoms with Crippen molar-refractivity contribution >= 4 is 11.8 Å². The lowest BCUT2D eigenvalue weighted by atomic mass is 10.3. The molecule has 0 aliphatic carbocycles. The van der Waals surface area contributed by atoms with E-state index >= 15 is 0 Å². The summed E-state index contributed by atoms with van der Waals surface area (Å²) in [6.45, 7) is 2.82.